The number of hydrogen-bond donors (Lipinski definition) is 18. The molecule has 4 fully saturated rings. The molecule has 0 aromatic rings. The third kappa shape index (κ3) is 55.6. The summed E-state index contributed by atoms with van der Waals surface area (Å²) in [6.45, 7) is 5.46. The summed E-state index contributed by atoms with van der Waals surface area (Å²) in [6, 6.07) is -1.24. The first-order chi connectivity index (χ1) is 64.5. The minimum Gasteiger partial charge on any atom is -0.481 e. The number of carbonyl (C=O) groups is 28. The fourth-order valence-corrected chi connectivity index (χ4v) is 14.0. The van der Waals surface area contributed by atoms with Gasteiger partial charge in [0, 0.05) is 155 Å². The number of primary amides is 4. The van der Waals surface area contributed by atoms with Crippen LogP contribution in [0.15, 0.2) is 0 Å². The number of nitrogens with one attached hydrogen (secondary N) is 10. The number of ketones is 10. The normalized spacial score (nSPS) is 15.4. The lowest BCUT2D eigenvalue weighted by Gasteiger charge is -2.21. The highest BCUT2D eigenvalue weighted by Crippen LogP contribution is 2.21. The Labute approximate surface area is 784 Å². The summed E-state index contributed by atoms with van der Waals surface area (Å²) in [4.78, 5) is 330. The molecule has 4 aliphatic heterocycles. The van der Waals surface area contributed by atoms with Gasteiger partial charge in [-0.25, -0.2) is 0 Å². The van der Waals surface area contributed by atoms with E-state index in [2.05, 4.69) is 53.2 Å². The fourth-order valence-electron chi connectivity index (χ4n) is 14.0. The van der Waals surface area contributed by atoms with Gasteiger partial charge in [0.05, 0.1) is 24.2 Å². The van der Waals surface area contributed by atoms with Crippen molar-refractivity contribution in [2.75, 3.05) is 118 Å². The molecule has 0 spiro atoms. The van der Waals surface area contributed by atoms with Gasteiger partial charge in [0.2, 0.25) is 81.5 Å². The number of hydrogen-bond acceptors (Lipinski definition) is 32. The Morgan fingerprint density at radius 2 is 0.309 bits per heavy atom. The molecular weight excluding hydrogens is 1800 g/mol. The van der Waals surface area contributed by atoms with Gasteiger partial charge in [-0.3, -0.25) is 154 Å². The molecule has 0 unspecified atom stereocenters. The Bertz CT molecular complexity index is 4160. The molecule has 4 atom stereocenters. The number of nitrogens with two attached hydrogens (primary N) is 4. The highest BCUT2D eigenvalue weighted by molar-refractivity contribution is 6.40. The van der Waals surface area contributed by atoms with Crippen molar-refractivity contribution in [2.45, 2.75) is 255 Å². The second-order valence-electron chi connectivity index (χ2n) is 32.2. The van der Waals surface area contributed by atoms with Gasteiger partial charge in [-0.2, -0.15) is 0 Å². The monoisotopic (exact) mass is 1930 g/mol. The number of Topliss-reactive ketones (excluding diaryl/α,β-unsaturated/α-hetero) is 10. The maximum atomic E-state index is 12.0. The Hall–Kier alpha value is -13.0. The number of carbonyl (C=O) groups excluding carboxylic acids is 24. The van der Waals surface area contributed by atoms with Crippen LogP contribution >= 0.6 is 0 Å². The lowest BCUT2D eigenvalue weighted by atomic mass is 10.1. The number of aliphatic carboxylic acids is 4. The van der Waals surface area contributed by atoms with Crippen LogP contribution in [0.5, 0.6) is 0 Å². The summed E-state index contributed by atoms with van der Waals surface area (Å²) in [5.41, 5.74) is 21.4. The molecule has 0 aromatic heterocycles. The van der Waals surface area contributed by atoms with E-state index in [0.29, 0.717) is 84.1 Å². The van der Waals surface area contributed by atoms with E-state index in [-0.39, 0.29) is 249 Å². The minimum atomic E-state index is -1.02. The number of likely N-dealkylation sites (tertiary alicyclic amines) is 4. The molecule has 50 heteroatoms. The van der Waals surface area contributed by atoms with E-state index in [9.17, 15) is 134 Å². The zero-order valence-corrected chi connectivity index (χ0v) is 76.8. The van der Waals surface area contributed by atoms with E-state index >= 15 is 0 Å². The Balaban J connectivity index is 0.000000935. The third-order valence-electron chi connectivity index (χ3n) is 21.3. The number of nitrogens with zero attached hydrogens (tertiary/aromatic N) is 4. The van der Waals surface area contributed by atoms with Crippen molar-refractivity contribution in [3.05, 3.63) is 0 Å². The van der Waals surface area contributed by atoms with Gasteiger partial charge in [-0.05, 0) is 194 Å². The van der Waals surface area contributed by atoms with Crippen molar-refractivity contribution in [3.63, 3.8) is 0 Å². The Kier molecular flexibility index (Phi) is 62.9. The van der Waals surface area contributed by atoms with Gasteiger partial charge >= 0.3 is 23.9 Å². The molecule has 760 valence electrons. The molecule has 4 heterocycles. The van der Waals surface area contributed by atoms with Crippen LogP contribution in [0.4, 0.5) is 0 Å². The van der Waals surface area contributed by atoms with Gasteiger partial charge < -0.3 is 96.5 Å². The molecule has 0 aromatic carbocycles. The Morgan fingerprint density at radius 1 is 0.191 bits per heavy atom. The standard InChI is InChI=1S/C29H44N6O11.C24H37N5O9.C19H30N4O7.C14H23N3O5/c30-25(42)19-7-5-17-35(19)18-6-11-23(39)29(46)33-15-3-9-21(37)27(44)31-13-1-8-20(36)26(43)32-14-2-10-22(38)28(45)34-16-4-12-24(40)41;25-21(35)16-6-4-14-29(16)15-5-9-19(32)24(38)27-12-2-7-17(30)22(36)26-11-1-8-18(31)23(37)28-13-3-10-20(33)34;20-17(28)13-5-3-11-23(13)12-4-7-15(25)19(30)21-9-1-6-14(24)18(29)22-10-2-8-16(26)27;15-13(21)10-4-2-8-17(10)9-3-5-11(18)14(22)16-7-1-6-12(19)20/h19H,1-18H2,(H2,30,42)(H,31,44)(H,32,43)(H,33,46)(H,34,45)(H,40,41);16H,1-15H2,(H2,25,35)(H,26,36)(H,27,38)(H,28,37)(H,33,34);13H,1-12H2,(H2,20,28)(H,21,30)(H,22,29)(H,26,27);10H,1-9H2,(H2,15,21)(H,16,22)(H,19,20)/t19-;16-;13-;10-/m0000/s1. The maximum absolute atomic E-state index is 12.0. The summed E-state index contributed by atoms with van der Waals surface area (Å²) in [6.07, 6.45) is 8.58. The second kappa shape index (κ2) is 70.7. The van der Waals surface area contributed by atoms with Gasteiger partial charge in [-0.1, -0.05) is 0 Å². The van der Waals surface area contributed by atoms with E-state index in [1.165, 1.54) is 0 Å². The zero-order chi connectivity index (χ0) is 102. The molecule has 0 radical (unpaired) electrons. The Morgan fingerprint density at radius 3 is 0.426 bits per heavy atom. The van der Waals surface area contributed by atoms with Crippen LogP contribution in [0, 0.1) is 0 Å². The molecule has 4 saturated heterocycles. The van der Waals surface area contributed by atoms with Crippen LogP contribution in [-0.2, 0) is 134 Å². The molecule has 22 N–H and O–H groups in total. The molecule has 4 aliphatic rings. The highest BCUT2D eigenvalue weighted by Gasteiger charge is 2.34. The van der Waals surface area contributed by atoms with Crippen molar-refractivity contribution < 1.29 is 155 Å². The molecule has 14 amide bonds. The smallest absolute Gasteiger partial charge is 0.303 e. The second-order valence-corrected chi connectivity index (χ2v) is 32.2. The fraction of sp³-hybridized carbons (Fsp3) is 0.674. The predicted octanol–water partition coefficient (Wildman–Crippen LogP) is -6.14. The molecule has 0 aliphatic carbocycles. The van der Waals surface area contributed by atoms with Gasteiger partial charge in [0.25, 0.3) is 59.1 Å². The van der Waals surface area contributed by atoms with Crippen LogP contribution in [-0.4, -0.2) is 346 Å². The average molecular weight is 1930 g/mol. The molecule has 136 heavy (non-hydrogen) atoms. The number of rotatable bonds is 70. The van der Waals surface area contributed by atoms with E-state index in [0.717, 1.165) is 51.7 Å². The number of carboxylic acid groups (broad SMARTS) is 4. The van der Waals surface area contributed by atoms with E-state index < -0.39 is 153 Å². The summed E-state index contributed by atoms with van der Waals surface area (Å²) < 4.78 is 0. The van der Waals surface area contributed by atoms with E-state index in [4.69, 9.17) is 43.4 Å². The largest absolute Gasteiger partial charge is 0.481 e. The van der Waals surface area contributed by atoms with Crippen molar-refractivity contribution in [1.29, 1.82) is 0 Å². The van der Waals surface area contributed by atoms with Crippen LogP contribution < -0.4 is 76.1 Å². The van der Waals surface area contributed by atoms with Crippen molar-refractivity contribution in [2.24, 2.45) is 22.9 Å². The first kappa shape index (κ1) is 121. The van der Waals surface area contributed by atoms with Crippen LogP contribution in [0.3, 0.4) is 0 Å². The van der Waals surface area contributed by atoms with Crippen molar-refractivity contribution >= 4 is 164 Å². The lowest BCUT2D eigenvalue weighted by Crippen LogP contribution is -2.41. The minimum absolute atomic E-state index is 0.000326. The molecule has 0 saturated carbocycles. The van der Waals surface area contributed by atoms with E-state index in [1.54, 1.807) is 0 Å². The summed E-state index contributed by atoms with van der Waals surface area (Å²) in [7, 11) is 0. The maximum Gasteiger partial charge on any atom is 0.303 e. The summed E-state index contributed by atoms with van der Waals surface area (Å²) >= 11 is 0. The average Bonchev–Trinajstić information content (AvgIpc) is 1.76. The highest BCUT2D eigenvalue weighted by atomic mass is 16.4. The van der Waals surface area contributed by atoms with Crippen LogP contribution in [0.25, 0.3) is 0 Å². The van der Waals surface area contributed by atoms with Gasteiger partial charge in [-0.15, -0.1) is 0 Å². The third-order valence-corrected chi connectivity index (χ3v) is 21.3. The molecule has 4 rings (SSSR count). The SMILES string of the molecule is NC(=O)[C@@H]1CCCN1CCCC(=O)C(=O)NCCCC(=O)C(=O)NCCCC(=O)C(=O)NCCCC(=O)C(=O)NCCCC(=O)O.NC(=O)[C@@H]1CCCN1CCCC(=O)C(=O)NCCCC(=O)C(=O)NCCCC(=O)C(=O)NCCCC(=O)O.NC(=O)[C@@H]1CCCN1CCCC(=O)C(=O)NCCCC(=O)C(=O)NCCCC(=O)O.NC(=O)[C@@H]1CCCN1CCCC(=O)C(=O)NCCCC(=O)O. The van der Waals surface area contributed by atoms with Crippen LogP contribution in [0.2, 0.25) is 0 Å². The first-order valence-corrected chi connectivity index (χ1v) is 45.6. The lowest BCUT2D eigenvalue weighted by molar-refractivity contribution is -0.139. The van der Waals surface area contributed by atoms with E-state index in [1.807, 2.05) is 19.6 Å². The summed E-state index contributed by atoms with van der Waals surface area (Å²) in [5, 5.41) is 57.6. The topological polar surface area (TPSA) is 796 Å². The van der Waals surface area contributed by atoms with Gasteiger partial charge in [0.1, 0.15) is 0 Å². The van der Waals surface area contributed by atoms with Crippen LogP contribution in [0.1, 0.15) is 231 Å². The van der Waals surface area contributed by atoms with Gasteiger partial charge in [0.15, 0.2) is 0 Å². The predicted molar refractivity (Wildman–Crippen MR) is 475 cm³/mol. The molecule has 50 nitrogen and oxygen atoms in total. The zero-order valence-electron chi connectivity index (χ0n) is 76.8. The summed E-state index contributed by atoms with van der Waals surface area (Å²) in [5.74, 6) is -20.2. The molecule has 0 bridgehead atoms. The van der Waals surface area contributed by atoms with Crippen molar-refractivity contribution in [1.82, 2.24) is 72.8 Å². The first-order valence-electron chi connectivity index (χ1n) is 45.6. The number of carboxylic acids is 4. The molecular formula is C86H134N18O32. The van der Waals surface area contributed by atoms with Crippen molar-refractivity contribution in [3.8, 4) is 0 Å². The number of amides is 14. The quantitative estimate of drug-likeness (QED) is 0.0199.